The zero-order chi connectivity index (χ0) is 7.68. The van der Waals surface area contributed by atoms with E-state index in [1.54, 1.807) is 0 Å². The van der Waals surface area contributed by atoms with E-state index >= 15 is 0 Å². The van der Waals surface area contributed by atoms with E-state index in [2.05, 4.69) is 19.1 Å². The number of ether oxygens (including phenoxy) is 1. The molecule has 0 radical (unpaired) electrons. The first kappa shape index (κ1) is 7.35. The maximum Gasteiger partial charge on any atom is 0.0766 e. The van der Waals surface area contributed by atoms with Gasteiger partial charge in [0.15, 0.2) is 0 Å². The van der Waals surface area contributed by atoms with Gasteiger partial charge in [-0.3, -0.25) is 0 Å². The van der Waals surface area contributed by atoms with Gasteiger partial charge in [0.1, 0.15) is 0 Å². The molecule has 62 valence electrons. The molecule has 1 aliphatic heterocycles. The van der Waals surface area contributed by atoms with Crippen molar-refractivity contribution in [2.24, 2.45) is 5.92 Å². The first-order valence-corrected chi connectivity index (χ1v) is 4.74. The summed E-state index contributed by atoms with van der Waals surface area (Å²) >= 11 is 0. The number of unbranched alkanes of at least 4 members (excludes halogenated alkanes) is 1. The lowest BCUT2D eigenvalue weighted by atomic mass is 9.99. The highest BCUT2D eigenvalue weighted by Gasteiger charge is 2.35. The third kappa shape index (κ3) is 1.34. The fourth-order valence-electron chi connectivity index (χ4n) is 2.08. The smallest absolute Gasteiger partial charge is 0.0766 e. The minimum absolute atomic E-state index is 0.474. The Morgan fingerprint density at radius 1 is 1.45 bits per heavy atom. The van der Waals surface area contributed by atoms with Crippen molar-refractivity contribution in [3.63, 3.8) is 0 Å². The van der Waals surface area contributed by atoms with Gasteiger partial charge < -0.3 is 4.74 Å². The van der Waals surface area contributed by atoms with Crippen molar-refractivity contribution in [3.05, 3.63) is 12.2 Å². The van der Waals surface area contributed by atoms with Gasteiger partial charge >= 0.3 is 0 Å². The summed E-state index contributed by atoms with van der Waals surface area (Å²) in [5.41, 5.74) is 0. The van der Waals surface area contributed by atoms with Gasteiger partial charge in [0, 0.05) is 5.92 Å². The molecule has 2 aliphatic rings. The molecule has 1 aliphatic carbocycles. The molecule has 3 unspecified atom stereocenters. The predicted molar refractivity (Wildman–Crippen MR) is 45.4 cm³/mol. The monoisotopic (exact) mass is 152 g/mol. The maximum atomic E-state index is 5.78. The van der Waals surface area contributed by atoms with Crippen molar-refractivity contribution in [3.8, 4) is 0 Å². The average Bonchev–Trinajstić information content (AvgIpc) is 2.60. The molecular formula is C10H16O. The van der Waals surface area contributed by atoms with Crippen molar-refractivity contribution in [1.29, 1.82) is 0 Å². The third-order valence-electron chi connectivity index (χ3n) is 2.75. The molecule has 1 heteroatoms. The zero-order valence-electron chi connectivity index (χ0n) is 7.12. The van der Waals surface area contributed by atoms with Crippen LogP contribution in [-0.2, 0) is 4.74 Å². The van der Waals surface area contributed by atoms with Gasteiger partial charge in [-0.15, -0.1) is 0 Å². The molecule has 0 amide bonds. The lowest BCUT2D eigenvalue weighted by molar-refractivity contribution is 0.0482. The lowest BCUT2D eigenvalue weighted by Crippen LogP contribution is -2.17. The van der Waals surface area contributed by atoms with E-state index in [1.807, 2.05) is 0 Å². The molecule has 1 saturated heterocycles. The first-order valence-electron chi connectivity index (χ1n) is 4.74. The van der Waals surface area contributed by atoms with Gasteiger partial charge in [-0.25, -0.2) is 0 Å². The Labute approximate surface area is 68.4 Å². The molecular weight excluding hydrogens is 136 g/mol. The number of hydrogen-bond acceptors (Lipinski definition) is 1. The minimum atomic E-state index is 0.474. The highest BCUT2D eigenvalue weighted by atomic mass is 16.5. The van der Waals surface area contributed by atoms with Crippen molar-refractivity contribution in [1.82, 2.24) is 0 Å². The van der Waals surface area contributed by atoms with Crippen LogP contribution in [-0.4, -0.2) is 12.2 Å². The molecule has 2 bridgehead atoms. The molecule has 2 rings (SSSR count). The van der Waals surface area contributed by atoms with Crippen LogP contribution in [0, 0.1) is 5.92 Å². The molecule has 0 N–H and O–H groups in total. The summed E-state index contributed by atoms with van der Waals surface area (Å²) < 4.78 is 5.78. The second-order valence-corrected chi connectivity index (χ2v) is 3.64. The topological polar surface area (TPSA) is 9.23 Å². The van der Waals surface area contributed by atoms with E-state index in [1.165, 1.54) is 25.7 Å². The first-order chi connectivity index (χ1) is 5.40. The number of rotatable bonds is 3. The van der Waals surface area contributed by atoms with Crippen molar-refractivity contribution >= 4 is 0 Å². The van der Waals surface area contributed by atoms with E-state index in [0.717, 1.165) is 5.92 Å². The lowest BCUT2D eigenvalue weighted by Gasteiger charge is -2.17. The summed E-state index contributed by atoms with van der Waals surface area (Å²) in [6.07, 6.45) is 10.7. The summed E-state index contributed by atoms with van der Waals surface area (Å²) in [6, 6.07) is 0. The van der Waals surface area contributed by atoms with Crippen LogP contribution in [0.5, 0.6) is 0 Å². The fourth-order valence-corrected chi connectivity index (χ4v) is 2.08. The normalized spacial score (nSPS) is 40.3. The van der Waals surface area contributed by atoms with E-state index in [4.69, 9.17) is 4.74 Å². The Morgan fingerprint density at radius 2 is 2.36 bits per heavy atom. The minimum Gasteiger partial charge on any atom is -0.370 e. The van der Waals surface area contributed by atoms with Crippen LogP contribution >= 0.6 is 0 Å². The van der Waals surface area contributed by atoms with Gasteiger partial charge in [-0.05, 0) is 12.8 Å². The summed E-state index contributed by atoms with van der Waals surface area (Å²) in [6.45, 7) is 2.24. The van der Waals surface area contributed by atoms with Crippen molar-refractivity contribution in [2.45, 2.75) is 44.8 Å². The van der Waals surface area contributed by atoms with Crippen molar-refractivity contribution in [2.75, 3.05) is 0 Å². The summed E-state index contributed by atoms with van der Waals surface area (Å²) in [5.74, 6) is 0.756. The molecule has 0 aromatic carbocycles. The Balaban J connectivity index is 1.84. The largest absolute Gasteiger partial charge is 0.370 e. The molecule has 11 heavy (non-hydrogen) atoms. The molecule has 0 saturated carbocycles. The van der Waals surface area contributed by atoms with Gasteiger partial charge in [0.05, 0.1) is 12.2 Å². The van der Waals surface area contributed by atoms with Gasteiger partial charge in [0.25, 0.3) is 0 Å². The van der Waals surface area contributed by atoms with Gasteiger partial charge in [0.2, 0.25) is 0 Å². The predicted octanol–water partition coefficient (Wildman–Crippen LogP) is 2.52. The van der Waals surface area contributed by atoms with Crippen LogP contribution in [0.25, 0.3) is 0 Å². The summed E-state index contributed by atoms with van der Waals surface area (Å²) in [5, 5.41) is 0. The summed E-state index contributed by atoms with van der Waals surface area (Å²) in [7, 11) is 0. The van der Waals surface area contributed by atoms with E-state index < -0.39 is 0 Å². The van der Waals surface area contributed by atoms with Gasteiger partial charge in [-0.1, -0.05) is 31.9 Å². The molecule has 1 fully saturated rings. The third-order valence-corrected chi connectivity index (χ3v) is 2.75. The number of fused-ring (bicyclic) bond motifs is 2. The van der Waals surface area contributed by atoms with E-state index in [9.17, 15) is 0 Å². The number of hydrogen-bond donors (Lipinski definition) is 0. The highest BCUT2D eigenvalue weighted by molar-refractivity contribution is 5.10. The highest BCUT2D eigenvalue weighted by Crippen LogP contribution is 2.36. The molecule has 1 nitrogen and oxygen atoms in total. The van der Waals surface area contributed by atoms with Gasteiger partial charge in [-0.2, -0.15) is 0 Å². The molecule has 0 aromatic rings. The van der Waals surface area contributed by atoms with E-state index in [0.29, 0.717) is 12.2 Å². The van der Waals surface area contributed by atoms with Crippen LogP contribution in [0.4, 0.5) is 0 Å². The van der Waals surface area contributed by atoms with Crippen LogP contribution in [0.3, 0.4) is 0 Å². The Bertz CT molecular complexity index is 162. The Hall–Kier alpha value is -0.300. The van der Waals surface area contributed by atoms with Crippen LogP contribution < -0.4 is 0 Å². The Morgan fingerprint density at radius 3 is 2.91 bits per heavy atom. The average molecular weight is 152 g/mol. The molecule has 0 spiro atoms. The summed E-state index contributed by atoms with van der Waals surface area (Å²) in [4.78, 5) is 0. The quantitative estimate of drug-likeness (QED) is 0.565. The molecule has 1 heterocycles. The SMILES string of the molecule is CCCCC1OC2C=CC1C2. The molecule has 0 aromatic heterocycles. The Kier molecular flexibility index (Phi) is 1.99. The van der Waals surface area contributed by atoms with Crippen molar-refractivity contribution < 1.29 is 4.74 Å². The van der Waals surface area contributed by atoms with Crippen LogP contribution in [0.1, 0.15) is 32.6 Å². The molecule has 3 atom stereocenters. The fraction of sp³-hybridized carbons (Fsp3) is 0.800. The standard InChI is InChI=1S/C10H16O/c1-2-3-4-10-8-5-6-9(7-8)11-10/h5-6,8-10H,2-4,7H2,1H3. The second kappa shape index (κ2) is 2.98. The van der Waals surface area contributed by atoms with Crippen LogP contribution in [0.2, 0.25) is 0 Å². The maximum absolute atomic E-state index is 5.78. The zero-order valence-corrected chi connectivity index (χ0v) is 7.12. The van der Waals surface area contributed by atoms with E-state index in [-0.39, 0.29) is 0 Å². The second-order valence-electron chi connectivity index (χ2n) is 3.64. The van der Waals surface area contributed by atoms with Crippen LogP contribution in [0.15, 0.2) is 12.2 Å².